The van der Waals surface area contributed by atoms with Gasteiger partial charge in [0.05, 0.1) is 0 Å². The number of carbonyl (C=O) groups excluding carboxylic acids is 1. The molecule has 0 radical (unpaired) electrons. The molecular formula is C22H30FIN4O. The van der Waals surface area contributed by atoms with Crippen LogP contribution in [-0.2, 0) is 12.8 Å². The van der Waals surface area contributed by atoms with Crippen LogP contribution in [-0.4, -0.2) is 50.5 Å². The topological polar surface area (TPSA) is 56.7 Å². The lowest BCUT2D eigenvalue weighted by molar-refractivity contribution is 0.0827. The summed E-state index contributed by atoms with van der Waals surface area (Å²) in [6.07, 6.45) is 1.32. The molecule has 2 aromatic carbocycles. The molecule has 2 N–H and O–H groups in total. The Morgan fingerprint density at radius 2 is 1.83 bits per heavy atom. The van der Waals surface area contributed by atoms with Crippen molar-refractivity contribution in [3.05, 3.63) is 71.0 Å². The van der Waals surface area contributed by atoms with Crippen molar-refractivity contribution in [2.45, 2.75) is 19.8 Å². The second-order valence-electron chi connectivity index (χ2n) is 6.68. The first-order valence-electron chi connectivity index (χ1n) is 9.57. The number of nitrogens with one attached hydrogen (secondary N) is 2. The van der Waals surface area contributed by atoms with Gasteiger partial charge in [0.25, 0.3) is 5.91 Å². The fraction of sp³-hybridized carbons (Fsp3) is 0.364. The third kappa shape index (κ3) is 8.39. The number of nitrogens with zero attached hydrogens (tertiary/aromatic N) is 2. The van der Waals surface area contributed by atoms with Gasteiger partial charge in [0, 0.05) is 39.3 Å². The first-order chi connectivity index (χ1) is 13.5. The van der Waals surface area contributed by atoms with Gasteiger partial charge < -0.3 is 15.5 Å². The Hall–Kier alpha value is -2.16. The third-order valence-electron chi connectivity index (χ3n) is 4.24. The summed E-state index contributed by atoms with van der Waals surface area (Å²) in [5, 5.41) is 6.49. The van der Waals surface area contributed by atoms with E-state index in [0.717, 1.165) is 18.5 Å². The van der Waals surface area contributed by atoms with E-state index in [1.54, 1.807) is 31.1 Å². The SMILES string of the molecule is CCNC(=NCCc1ccccc1F)NCCc1cccc(C(=O)N(C)C)c1.I. The lowest BCUT2D eigenvalue weighted by Crippen LogP contribution is -2.38. The summed E-state index contributed by atoms with van der Waals surface area (Å²) >= 11 is 0. The van der Waals surface area contributed by atoms with E-state index in [2.05, 4.69) is 15.6 Å². The van der Waals surface area contributed by atoms with E-state index in [4.69, 9.17) is 0 Å². The van der Waals surface area contributed by atoms with Gasteiger partial charge in [0.2, 0.25) is 0 Å². The van der Waals surface area contributed by atoms with Crippen LogP contribution >= 0.6 is 24.0 Å². The monoisotopic (exact) mass is 512 g/mol. The number of hydrogen-bond acceptors (Lipinski definition) is 2. The summed E-state index contributed by atoms with van der Waals surface area (Å²) in [4.78, 5) is 18.2. The van der Waals surface area contributed by atoms with Crippen LogP contribution in [0.2, 0.25) is 0 Å². The average molecular weight is 512 g/mol. The van der Waals surface area contributed by atoms with Gasteiger partial charge in [-0.2, -0.15) is 0 Å². The van der Waals surface area contributed by atoms with E-state index in [1.807, 2.05) is 37.3 Å². The second kappa shape index (κ2) is 13.1. The molecule has 0 atom stereocenters. The van der Waals surface area contributed by atoms with E-state index in [0.29, 0.717) is 36.6 Å². The van der Waals surface area contributed by atoms with Crippen molar-refractivity contribution < 1.29 is 9.18 Å². The van der Waals surface area contributed by atoms with Gasteiger partial charge in [-0.05, 0) is 49.1 Å². The molecule has 0 saturated carbocycles. The zero-order valence-electron chi connectivity index (χ0n) is 17.2. The Kier molecular flexibility index (Phi) is 11.3. The van der Waals surface area contributed by atoms with Crippen molar-refractivity contribution in [2.24, 2.45) is 4.99 Å². The van der Waals surface area contributed by atoms with Crippen molar-refractivity contribution in [3.8, 4) is 0 Å². The fourth-order valence-corrected chi connectivity index (χ4v) is 2.77. The highest BCUT2D eigenvalue weighted by atomic mass is 127. The Morgan fingerprint density at radius 1 is 1.07 bits per heavy atom. The number of carbonyl (C=O) groups is 1. The highest BCUT2D eigenvalue weighted by Crippen LogP contribution is 2.08. The maximum Gasteiger partial charge on any atom is 0.253 e. The predicted molar refractivity (Wildman–Crippen MR) is 128 cm³/mol. The molecule has 0 aromatic heterocycles. The third-order valence-corrected chi connectivity index (χ3v) is 4.24. The molecule has 0 heterocycles. The first-order valence-corrected chi connectivity index (χ1v) is 9.57. The number of hydrogen-bond donors (Lipinski definition) is 2. The van der Waals surface area contributed by atoms with E-state index < -0.39 is 0 Å². The zero-order valence-corrected chi connectivity index (χ0v) is 19.6. The Bertz CT molecular complexity index is 811. The molecule has 0 aliphatic carbocycles. The molecule has 0 aliphatic rings. The highest BCUT2D eigenvalue weighted by molar-refractivity contribution is 14.0. The molecule has 0 aliphatic heterocycles. The predicted octanol–water partition coefficient (Wildman–Crippen LogP) is 3.49. The minimum atomic E-state index is -0.192. The van der Waals surface area contributed by atoms with Gasteiger partial charge in [0.1, 0.15) is 5.82 Å². The molecule has 0 fully saturated rings. The smallest absolute Gasteiger partial charge is 0.253 e. The number of guanidine groups is 1. The molecule has 0 spiro atoms. The molecule has 0 bridgehead atoms. The van der Waals surface area contributed by atoms with Crippen molar-refractivity contribution >= 4 is 35.8 Å². The van der Waals surface area contributed by atoms with Crippen LogP contribution in [0, 0.1) is 5.82 Å². The molecule has 0 saturated heterocycles. The van der Waals surface area contributed by atoms with Crippen molar-refractivity contribution in [2.75, 3.05) is 33.7 Å². The second-order valence-corrected chi connectivity index (χ2v) is 6.68. The van der Waals surface area contributed by atoms with Crippen LogP contribution in [0.4, 0.5) is 4.39 Å². The van der Waals surface area contributed by atoms with Gasteiger partial charge in [-0.3, -0.25) is 9.79 Å². The number of halogens is 2. The Balaban J connectivity index is 0.00000420. The average Bonchev–Trinajstić information content (AvgIpc) is 2.69. The van der Waals surface area contributed by atoms with Crippen molar-refractivity contribution in [1.82, 2.24) is 15.5 Å². The summed E-state index contributed by atoms with van der Waals surface area (Å²) in [6.45, 7) is 3.94. The molecule has 2 rings (SSSR count). The van der Waals surface area contributed by atoms with Crippen LogP contribution in [0.15, 0.2) is 53.5 Å². The minimum Gasteiger partial charge on any atom is -0.357 e. The number of amides is 1. The lowest BCUT2D eigenvalue weighted by atomic mass is 10.1. The van der Waals surface area contributed by atoms with Gasteiger partial charge >= 0.3 is 0 Å². The standard InChI is InChI=1S/C22H29FN4O.HI/c1-4-24-22(26-15-13-18-9-5-6-11-20(18)23)25-14-12-17-8-7-10-19(16-17)21(28)27(2)3;/h5-11,16H,4,12-15H2,1-3H3,(H2,24,25,26);1H. The van der Waals surface area contributed by atoms with Crippen LogP contribution in [0.1, 0.15) is 28.4 Å². The molecule has 158 valence electrons. The molecule has 0 unspecified atom stereocenters. The largest absolute Gasteiger partial charge is 0.357 e. The Morgan fingerprint density at radius 3 is 2.52 bits per heavy atom. The molecular weight excluding hydrogens is 482 g/mol. The molecule has 7 heteroatoms. The van der Waals surface area contributed by atoms with E-state index in [9.17, 15) is 9.18 Å². The summed E-state index contributed by atoms with van der Waals surface area (Å²) in [5.41, 5.74) is 2.44. The Labute approximate surface area is 189 Å². The maximum absolute atomic E-state index is 13.7. The number of aliphatic imine (C=N–C) groups is 1. The summed E-state index contributed by atoms with van der Waals surface area (Å²) in [7, 11) is 3.49. The van der Waals surface area contributed by atoms with Gasteiger partial charge in [0.15, 0.2) is 5.96 Å². The normalized spacial score (nSPS) is 10.8. The van der Waals surface area contributed by atoms with Crippen LogP contribution < -0.4 is 10.6 Å². The summed E-state index contributed by atoms with van der Waals surface area (Å²) < 4.78 is 13.7. The maximum atomic E-state index is 13.7. The van der Waals surface area contributed by atoms with Gasteiger partial charge in [-0.1, -0.05) is 30.3 Å². The van der Waals surface area contributed by atoms with E-state index in [-0.39, 0.29) is 35.7 Å². The summed E-state index contributed by atoms with van der Waals surface area (Å²) in [6, 6.07) is 14.4. The number of benzene rings is 2. The van der Waals surface area contributed by atoms with Gasteiger partial charge in [-0.15, -0.1) is 24.0 Å². The van der Waals surface area contributed by atoms with E-state index >= 15 is 0 Å². The van der Waals surface area contributed by atoms with Crippen LogP contribution in [0.3, 0.4) is 0 Å². The molecule has 2 aromatic rings. The van der Waals surface area contributed by atoms with Crippen LogP contribution in [0.5, 0.6) is 0 Å². The van der Waals surface area contributed by atoms with Crippen molar-refractivity contribution in [3.63, 3.8) is 0 Å². The van der Waals surface area contributed by atoms with Gasteiger partial charge in [-0.25, -0.2) is 4.39 Å². The summed E-state index contributed by atoms with van der Waals surface area (Å²) in [5.74, 6) is 0.514. The van der Waals surface area contributed by atoms with Crippen LogP contribution in [0.25, 0.3) is 0 Å². The molecule has 29 heavy (non-hydrogen) atoms. The molecule has 5 nitrogen and oxygen atoms in total. The lowest BCUT2D eigenvalue weighted by Gasteiger charge is -2.13. The van der Waals surface area contributed by atoms with E-state index in [1.165, 1.54) is 6.07 Å². The highest BCUT2D eigenvalue weighted by Gasteiger charge is 2.08. The zero-order chi connectivity index (χ0) is 20.4. The number of rotatable bonds is 8. The van der Waals surface area contributed by atoms with Crippen molar-refractivity contribution in [1.29, 1.82) is 0 Å². The molecule has 1 amide bonds. The minimum absolute atomic E-state index is 0. The first kappa shape index (κ1) is 24.9. The fourth-order valence-electron chi connectivity index (χ4n) is 2.77. The quantitative estimate of drug-likeness (QED) is 0.324.